The average molecular weight is 282 g/mol. The van der Waals surface area contributed by atoms with E-state index in [9.17, 15) is 4.79 Å². The maximum atomic E-state index is 12.3. The Morgan fingerprint density at radius 3 is 2.76 bits per heavy atom. The van der Waals surface area contributed by atoms with Gasteiger partial charge >= 0.3 is 0 Å². The van der Waals surface area contributed by atoms with Gasteiger partial charge in [-0.2, -0.15) is 0 Å². The topological polar surface area (TPSA) is 94.0 Å². The Hall–Kier alpha value is -2.89. The second-order valence-corrected chi connectivity index (χ2v) is 4.79. The van der Waals surface area contributed by atoms with E-state index in [1.54, 1.807) is 13.0 Å². The van der Waals surface area contributed by atoms with E-state index in [1.165, 1.54) is 0 Å². The third kappa shape index (κ3) is 2.31. The van der Waals surface area contributed by atoms with Crippen molar-refractivity contribution in [2.24, 2.45) is 0 Å². The zero-order valence-corrected chi connectivity index (χ0v) is 11.7. The molecule has 2 heterocycles. The van der Waals surface area contributed by atoms with E-state index in [1.807, 2.05) is 31.2 Å². The Morgan fingerprint density at radius 2 is 2.05 bits per heavy atom. The SMILES string of the molecule is Cc1noc(NC(=O)c2cc3ccccc3c(N)n2)c1C. The van der Waals surface area contributed by atoms with Gasteiger partial charge in [-0.3, -0.25) is 10.1 Å². The van der Waals surface area contributed by atoms with Gasteiger partial charge in [-0.25, -0.2) is 4.98 Å². The van der Waals surface area contributed by atoms with E-state index in [0.29, 0.717) is 11.7 Å². The van der Waals surface area contributed by atoms with Gasteiger partial charge in [0.15, 0.2) is 0 Å². The standard InChI is InChI=1S/C15H14N4O2/c1-8-9(2)19-21-15(8)18-14(20)12-7-10-5-3-4-6-11(10)13(16)17-12/h3-7H,1-2H3,(H2,16,17)(H,18,20). The maximum Gasteiger partial charge on any atom is 0.276 e. The number of nitrogen functional groups attached to an aromatic ring is 1. The smallest absolute Gasteiger partial charge is 0.276 e. The molecule has 3 aromatic rings. The number of rotatable bonds is 2. The molecule has 2 aromatic heterocycles. The molecule has 0 bridgehead atoms. The van der Waals surface area contributed by atoms with Crippen molar-refractivity contribution < 1.29 is 9.32 Å². The summed E-state index contributed by atoms with van der Waals surface area (Å²) < 4.78 is 5.06. The molecule has 0 radical (unpaired) electrons. The quantitative estimate of drug-likeness (QED) is 0.753. The number of hydrogen-bond donors (Lipinski definition) is 2. The lowest BCUT2D eigenvalue weighted by molar-refractivity contribution is 0.101. The molecule has 0 saturated carbocycles. The molecule has 6 nitrogen and oxygen atoms in total. The van der Waals surface area contributed by atoms with Crippen molar-refractivity contribution in [2.75, 3.05) is 11.1 Å². The summed E-state index contributed by atoms with van der Waals surface area (Å²) >= 11 is 0. The number of nitrogens with two attached hydrogens (primary N) is 1. The highest BCUT2D eigenvalue weighted by Gasteiger charge is 2.15. The van der Waals surface area contributed by atoms with Gasteiger partial charge in [0.1, 0.15) is 11.5 Å². The number of amides is 1. The molecule has 1 amide bonds. The minimum atomic E-state index is -0.383. The van der Waals surface area contributed by atoms with E-state index in [-0.39, 0.29) is 11.6 Å². The Bertz CT molecular complexity index is 839. The Kier molecular flexibility index (Phi) is 3.06. The first kappa shape index (κ1) is 13.1. The number of carbonyl (C=O) groups is 1. The van der Waals surface area contributed by atoms with Gasteiger partial charge in [-0.05, 0) is 25.3 Å². The number of aryl methyl sites for hydroxylation is 1. The minimum absolute atomic E-state index is 0.236. The molecular formula is C15H14N4O2. The first-order valence-corrected chi connectivity index (χ1v) is 6.46. The maximum absolute atomic E-state index is 12.3. The summed E-state index contributed by atoms with van der Waals surface area (Å²) in [5, 5.41) is 8.13. The van der Waals surface area contributed by atoms with Crippen molar-refractivity contribution in [3.63, 3.8) is 0 Å². The van der Waals surface area contributed by atoms with Gasteiger partial charge in [0.05, 0.1) is 5.69 Å². The molecule has 0 aliphatic heterocycles. The number of hydrogen-bond acceptors (Lipinski definition) is 5. The number of aromatic nitrogens is 2. The fraction of sp³-hybridized carbons (Fsp3) is 0.133. The predicted octanol–water partition coefficient (Wildman–Crippen LogP) is 2.67. The van der Waals surface area contributed by atoms with E-state index in [4.69, 9.17) is 10.3 Å². The van der Waals surface area contributed by atoms with E-state index < -0.39 is 0 Å². The van der Waals surface area contributed by atoms with Crippen molar-refractivity contribution in [1.82, 2.24) is 10.1 Å². The zero-order chi connectivity index (χ0) is 15.0. The molecule has 0 unspecified atom stereocenters. The van der Waals surface area contributed by atoms with Crippen molar-refractivity contribution in [2.45, 2.75) is 13.8 Å². The molecule has 3 rings (SSSR count). The second-order valence-electron chi connectivity index (χ2n) is 4.79. The highest BCUT2D eigenvalue weighted by molar-refractivity contribution is 6.06. The first-order chi connectivity index (χ1) is 10.1. The van der Waals surface area contributed by atoms with Crippen LogP contribution >= 0.6 is 0 Å². The van der Waals surface area contributed by atoms with Crippen molar-refractivity contribution in [3.8, 4) is 0 Å². The van der Waals surface area contributed by atoms with Crippen LogP contribution in [0.15, 0.2) is 34.9 Å². The van der Waals surface area contributed by atoms with Crippen LogP contribution in [0.25, 0.3) is 10.8 Å². The molecule has 106 valence electrons. The number of benzene rings is 1. The third-order valence-electron chi connectivity index (χ3n) is 3.39. The van der Waals surface area contributed by atoms with E-state index in [0.717, 1.165) is 22.0 Å². The largest absolute Gasteiger partial charge is 0.383 e. The summed E-state index contributed by atoms with van der Waals surface area (Å²) in [7, 11) is 0. The first-order valence-electron chi connectivity index (χ1n) is 6.46. The molecule has 3 N–H and O–H groups in total. The van der Waals surface area contributed by atoms with Crippen LogP contribution in [0, 0.1) is 13.8 Å². The van der Waals surface area contributed by atoms with Crippen LogP contribution in [-0.2, 0) is 0 Å². The lowest BCUT2D eigenvalue weighted by atomic mass is 10.1. The molecule has 0 spiro atoms. The Labute approximate surface area is 121 Å². The van der Waals surface area contributed by atoms with Crippen LogP contribution in [-0.4, -0.2) is 16.0 Å². The number of nitrogens with zero attached hydrogens (tertiary/aromatic N) is 2. The average Bonchev–Trinajstić information content (AvgIpc) is 2.79. The number of fused-ring (bicyclic) bond motifs is 1. The van der Waals surface area contributed by atoms with Crippen molar-refractivity contribution in [3.05, 3.63) is 47.3 Å². The number of anilines is 2. The molecule has 0 saturated heterocycles. The van der Waals surface area contributed by atoms with Gasteiger partial charge in [0.25, 0.3) is 5.91 Å². The van der Waals surface area contributed by atoms with Gasteiger partial charge in [0, 0.05) is 10.9 Å². The molecule has 21 heavy (non-hydrogen) atoms. The number of nitrogens with one attached hydrogen (secondary N) is 1. The Morgan fingerprint density at radius 1 is 1.29 bits per heavy atom. The highest BCUT2D eigenvalue weighted by atomic mass is 16.5. The third-order valence-corrected chi connectivity index (χ3v) is 3.39. The summed E-state index contributed by atoms with van der Waals surface area (Å²) in [6, 6.07) is 9.20. The van der Waals surface area contributed by atoms with Gasteiger partial charge < -0.3 is 10.3 Å². The van der Waals surface area contributed by atoms with Crippen molar-refractivity contribution >= 4 is 28.4 Å². The van der Waals surface area contributed by atoms with Crippen LogP contribution in [0.3, 0.4) is 0 Å². The molecular weight excluding hydrogens is 268 g/mol. The molecule has 6 heteroatoms. The van der Waals surface area contributed by atoms with E-state index >= 15 is 0 Å². The summed E-state index contributed by atoms with van der Waals surface area (Å²) in [6.07, 6.45) is 0. The molecule has 0 aliphatic carbocycles. The normalized spacial score (nSPS) is 10.8. The van der Waals surface area contributed by atoms with Gasteiger partial charge in [0.2, 0.25) is 5.88 Å². The van der Waals surface area contributed by atoms with Crippen LogP contribution in [0.1, 0.15) is 21.7 Å². The highest BCUT2D eigenvalue weighted by Crippen LogP contribution is 2.22. The summed E-state index contributed by atoms with van der Waals surface area (Å²) in [5.41, 5.74) is 7.65. The summed E-state index contributed by atoms with van der Waals surface area (Å²) in [6.45, 7) is 3.63. The molecule has 0 atom stereocenters. The summed E-state index contributed by atoms with van der Waals surface area (Å²) in [5.74, 6) is 0.265. The fourth-order valence-electron chi connectivity index (χ4n) is 2.04. The monoisotopic (exact) mass is 282 g/mol. The van der Waals surface area contributed by atoms with Crippen LogP contribution in [0.5, 0.6) is 0 Å². The second kappa shape index (κ2) is 4.90. The molecule has 0 aliphatic rings. The lowest BCUT2D eigenvalue weighted by Crippen LogP contribution is -2.14. The molecule has 0 fully saturated rings. The number of carbonyl (C=O) groups excluding carboxylic acids is 1. The van der Waals surface area contributed by atoms with Crippen molar-refractivity contribution in [1.29, 1.82) is 0 Å². The van der Waals surface area contributed by atoms with E-state index in [2.05, 4.69) is 15.5 Å². The van der Waals surface area contributed by atoms with Crippen LogP contribution in [0.4, 0.5) is 11.7 Å². The molecule has 1 aromatic carbocycles. The zero-order valence-electron chi connectivity index (χ0n) is 11.7. The Balaban J connectivity index is 1.96. The predicted molar refractivity (Wildman–Crippen MR) is 80.1 cm³/mol. The van der Waals surface area contributed by atoms with Gasteiger partial charge in [-0.1, -0.05) is 29.4 Å². The fourth-order valence-corrected chi connectivity index (χ4v) is 2.04. The van der Waals surface area contributed by atoms with Crippen LogP contribution in [0.2, 0.25) is 0 Å². The summed E-state index contributed by atoms with van der Waals surface area (Å²) in [4.78, 5) is 16.4. The lowest BCUT2D eigenvalue weighted by Gasteiger charge is -2.06. The number of pyridine rings is 1. The van der Waals surface area contributed by atoms with Gasteiger partial charge in [-0.15, -0.1) is 0 Å². The van der Waals surface area contributed by atoms with Crippen LogP contribution < -0.4 is 11.1 Å². The minimum Gasteiger partial charge on any atom is -0.383 e.